The molecule has 0 aromatic rings. The summed E-state index contributed by atoms with van der Waals surface area (Å²) in [5.41, 5.74) is 4.78. The van der Waals surface area contributed by atoms with Gasteiger partial charge in [-0.25, -0.2) is 4.18 Å². The van der Waals surface area contributed by atoms with Crippen LogP contribution in [0.1, 0.15) is 71.1 Å². The Morgan fingerprint density at radius 3 is 1.35 bits per heavy atom. The Morgan fingerprint density at radius 2 is 1.06 bits per heavy atom. The molecule has 0 rings (SSSR count). The van der Waals surface area contributed by atoms with Crippen LogP contribution < -0.4 is 5.73 Å². The number of hydrogen-bond acceptors (Lipinski definition) is 9. The van der Waals surface area contributed by atoms with E-state index in [1.54, 1.807) is 4.90 Å². The predicted molar refractivity (Wildman–Crippen MR) is 123 cm³/mol. The number of unbranched alkanes of at least 4 members (excludes halogenated alkanes) is 9. The summed E-state index contributed by atoms with van der Waals surface area (Å²) >= 11 is 0. The summed E-state index contributed by atoms with van der Waals surface area (Å²) < 4.78 is 33.0. The minimum atomic E-state index is -4.23. The van der Waals surface area contributed by atoms with Gasteiger partial charge in [0.2, 0.25) is 0 Å². The van der Waals surface area contributed by atoms with Crippen LogP contribution in [0.15, 0.2) is 0 Å². The van der Waals surface area contributed by atoms with E-state index in [1.165, 1.54) is 44.9 Å². The van der Waals surface area contributed by atoms with Gasteiger partial charge in [-0.05, 0) is 6.42 Å². The first-order valence-electron chi connectivity index (χ1n) is 11.3. The zero-order valence-corrected chi connectivity index (χ0v) is 20.1. The van der Waals surface area contributed by atoms with E-state index in [4.69, 9.17) is 30.7 Å². The Bertz CT molecular complexity index is 398. The summed E-state index contributed by atoms with van der Waals surface area (Å²) in [4.78, 5) is 1.79. The molecule has 0 radical (unpaired) electrons. The van der Waals surface area contributed by atoms with E-state index < -0.39 is 10.4 Å². The normalized spacial score (nSPS) is 11.0. The average molecular weight is 477 g/mol. The lowest BCUT2D eigenvalue weighted by atomic mass is 10.1. The van der Waals surface area contributed by atoms with Crippen molar-refractivity contribution in [1.82, 2.24) is 4.90 Å². The molecule has 11 heteroatoms. The van der Waals surface area contributed by atoms with Crippen LogP contribution in [0.4, 0.5) is 0 Å². The molecule has 0 aromatic carbocycles. The van der Waals surface area contributed by atoms with E-state index in [2.05, 4.69) is 11.1 Å². The van der Waals surface area contributed by atoms with Crippen molar-refractivity contribution < 1.29 is 37.6 Å². The largest absolute Gasteiger partial charge is 0.397 e. The summed E-state index contributed by atoms with van der Waals surface area (Å²) in [5, 5.41) is 33.2. The topological polar surface area (TPSA) is 174 Å². The van der Waals surface area contributed by atoms with Gasteiger partial charge < -0.3 is 26.2 Å². The Kier molecular flexibility index (Phi) is 33.7. The highest BCUT2D eigenvalue weighted by Crippen LogP contribution is 2.10. The van der Waals surface area contributed by atoms with E-state index in [9.17, 15) is 8.42 Å². The van der Waals surface area contributed by atoms with E-state index in [0.29, 0.717) is 32.6 Å². The van der Waals surface area contributed by atoms with Crippen LogP contribution in [0.2, 0.25) is 0 Å². The summed E-state index contributed by atoms with van der Waals surface area (Å²) in [5.74, 6) is 0. The van der Waals surface area contributed by atoms with E-state index in [-0.39, 0.29) is 33.0 Å². The molecule has 0 aliphatic rings. The first-order valence-corrected chi connectivity index (χ1v) is 12.7. The van der Waals surface area contributed by atoms with E-state index in [0.717, 1.165) is 12.8 Å². The summed E-state index contributed by atoms with van der Waals surface area (Å²) in [6.07, 6.45) is 11.9. The maximum atomic E-state index is 10.2. The van der Waals surface area contributed by atoms with Gasteiger partial charge in [-0.1, -0.05) is 64.7 Å². The van der Waals surface area contributed by atoms with Gasteiger partial charge in [0, 0.05) is 26.2 Å². The van der Waals surface area contributed by atoms with Crippen molar-refractivity contribution in [3.05, 3.63) is 0 Å². The SMILES string of the molecule is CCCCCCCCCCCCOS(=O)(=O)O.NCCO.OCCN(CCO)CCO. The summed E-state index contributed by atoms with van der Waals surface area (Å²) in [6, 6.07) is 0. The number of aliphatic hydroxyl groups excluding tert-OH is 4. The second-order valence-corrected chi connectivity index (χ2v) is 8.05. The molecule has 0 aromatic heterocycles. The molecule has 10 nitrogen and oxygen atoms in total. The maximum Gasteiger partial charge on any atom is 0.397 e. The van der Waals surface area contributed by atoms with Crippen molar-refractivity contribution >= 4 is 10.4 Å². The van der Waals surface area contributed by atoms with Crippen LogP contribution in [0.25, 0.3) is 0 Å². The third-order valence-corrected chi connectivity index (χ3v) is 4.57. The third kappa shape index (κ3) is 40.5. The molecule has 0 atom stereocenters. The van der Waals surface area contributed by atoms with Gasteiger partial charge in [0.05, 0.1) is 33.0 Å². The van der Waals surface area contributed by atoms with Crippen molar-refractivity contribution in [3.8, 4) is 0 Å². The standard InChI is InChI=1S/C12H26O4S.C6H15NO3.C2H7NO/c1-2-3-4-5-6-7-8-9-10-11-12-16-17(13,14)15;8-4-1-7(2-5-9)3-6-10;3-1-2-4/h2-12H2,1H3,(H,13,14,15);8-10H,1-6H2;4H,1-3H2. The fourth-order valence-corrected chi connectivity index (χ4v) is 2.84. The molecule has 31 heavy (non-hydrogen) atoms. The van der Waals surface area contributed by atoms with Crippen molar-refractivity contribution in [1.29, 1.82) is 0 Å². The Balaban J connectivity index is -0.000000471. The molecule has 0 fully saturated rings. The lowest BCUT2D eigenvalue weighted by Crippen LogP contribution is -2.32. The highest BCUT2D eigenvalue weighted by Gasteiger charge is 2.02. The highest BCUT2D eigenvalue weighted by molar-refractivity contribution is 7.80. The van der Waals surface area contributed by atoms with Gasteiger partial charge in [0.25, 0.3) is 0 Å². The van der Waals surface area contributed by atoms with Gasteiger partial charge in [-0.15, -0.1) is 0 Å². The van der Waals surface area contributed by atoms with Crippen molar-refractivity contribution in [2.75, 3.05) is 59.2 Å². The molecule has 192 valence electrons. The minimum Gasteiger partial charge on any atom is -0.395 e. The van der Waals surface area contributed by atoms with Crippen LogP contribution in [-0.2, 0) is 14.6 Å². The first kappa shape index (κ1) is 35.2. The number of nitrogens with zero attached hydrogens (tertiary/aromatic N) is 1. The Morgan fingerprint density at radius 1 is 0.710 bits per heavy atom. The number of rotatable bonds is 19. The van der Waals surface area contributed by atoms with E-state index >= 15 is 0 Å². The quantitative estimate of drug-likeness (QED) is 0.116. The second-order valence-electron chi connectivity index (χ2n) is 6.96. The molecule has 0 amide bonds. The number of nitrogens with two attached hydrogens (primary N) is 1. The maximum absolute atomic E-state index is 10.2. The zero-order valence-electron chi connectivity index (χ0n) is 19.3. The van der Waals surface area contributed by atoms with Crippen molar-refractivity contribution in [2.45, 2.75) is 71.1 Å². The highest BCUT2D eigenvalue weighted by atomic mass is 32.3. The van der Waals surface area contributed by atoms with Gasteiger partial charge in [-0.3, -0.25) is 9.45 Å². The number of aliphatic hydroxyl groups is 4. The van der Waals surface area contributed by atoms with Gasteiger partial charge >= 0.3 is 10.4 Å². The molecule has 0 aliphatic carbocycles. The smallest absolute Gasteiger partial charge is 0.395 e. The van der Waals surface area contributed by atoms with Gasteiger partial charge in [0.1, 0.15) is 0 Å². The van der Waals surface area contributed by atoms with Gasteiger partial charge in [-0.2, -0.15) is 8.42 Å². The van der Waals surface area contributed by atoms with Crippen LogP contribution >= 0.6 is 0 Å². The lowest BCUT2D eigenvalue weighted by Gasteiger charge is -2.17. The molecular formula is C20H48N2O8S. The third-order valence-electron chi connectivity index (χ3n) is 4.11. The van der Waals surface area contributed by atoms with Crippen LogP contribution in [-0.4, -0.2) is 97.5 Å². The molecule has 0 saturated carbocycles. The minimum absolute atomic E-state index is 0.0694. The zero-order chi connectivity index (χ0) is 24.2. The van der Waals surface area contributed by atoms with Crippen LogP contribution in [0.3, 0.4) is 0 Å². The summed E-state index contributed by atoms with van der Waals surface area (Å²) in [6.45, 7) is 4.54. The van der Waals surface area contributed by atoms with Crippen LogP contribution in [0, 0.1) is 0 Å². The molecule has 0 spiro atoms. The molecular weight excluding hydrogens is 428 g/mol. The number of hydrogen-bond donors (Lipinski definition) is 6. The second kappa shape index (κ2) is 29.6. The Hall–Kier alpha value is -0.370. The molecule has 7 N–H and O–H groups in total. The summed E-state index contributed by atoms with van der Waals surface area (Å²) in [7, 11) is -4.23. The molecule has 0 unspecified atom stereocenters. The molecule has 0 saturated heterocycles. The molecule has 0 aliphatic heterocycles. The van der Waals surface area contributed by atoms with E-state index in [1.807, 2.05) is 0 Å². The molecule has 0 heterocycles. The molecule has 0 bridgehead atoms. The monoisotopic (exact) mass is 476 g/mol. The predicted octanol–water partition coefficient (Wildman–Crippen LogP) is 0.929. The average Bonchev–Trinajstić information content (AvgIpc) is 2.72. The fourth-order valence-electron chi connectivity index (χ4n) is 2.51. The lowest BCUT2D eigenvalue weighted by molar-refractivity contribution is 0.136. The van der Waals surface area contributed by atoms with Crippen molar-refractivity contribution in [3.63, 3.8) is 0 Å². The Labute approximate surface area is 189 Å². The first-order chi connectivity index (χ1) is 14.8. The fraction of sp³-hybridized carbons (Fsp3) is 1.00. The van der Waals surface area contributed by atoms with Crippen LogP contribution in [0.5, 0.6) is 0 Å². The van der Waals surface area contributed by atoms with Gasteiger partial charge in [0.15, 0.2) is 0 Å². The van der Waals surface area contributed by atoms with Crippen molar-refractivity contribution in [2.24, 2.45) is 5.73 Å².